The normalized spacial score (nSPS) is 15.6. The van der Waals surface area contributed by atoms with Crippen LogP contribution < -0.4 is 10.6 Å². The Bertz CT molecular complexity index is 776. The number of nitrogens with zero attached hydrogens (tertiary/aromatic N) is 3. The van der Waals surface area contributed by atoms with E-state index in [1.54, 1.807) is 6.92 Å². The third-order valence-electron chi connectivity index (χ3n) is 5.16. The first-order valence-electron chi connectivity index (χ1n) is 10.1. The quantitative estimate of drug-likeness (QED) is 0.630. The second kappa shape index (κ2) is 10.6. The highest BCUT2D eigenvalue weighted by Gasteiger charge is 2.15. The van der Waals surface area contributed by atoms with Gasteiger partial charge in [-0.3, -0.25) is 9.78 Å². The number of rotatable bonds is 9. The number of halogens is 1. The highest BCUT2D eigenvalue weighted by atomic mass is 35.5. The van der Waals surface area contributed by atoms with Crippen molar-refractivity contribution in [2.45, 2.75) is 19.8 Å². The third kappa shape index (κ3) is 6.33. The van der Waals surface area contributed by atoms with Crippen LogP contribution >= 0.6 is 11.6 Å². The van der Waals surface area contributed by atoms with E-state index in [-0.39, 0.29) is 5.91 Å². The smallest absolute Gasteiger partial charge is 0.216 e. The van der Waals surface area contributed by atoms with E-state index >= 15 is 0 Å². The molecule has 0 atom stereocenters. The van der Waals surface area contributed by atoms with Crippen LogP contribution in [0.3, 0.4) is 0 Å². The Morgan fingerprint density at radius 2 is 1.75 bits per heavy atom. The molecule has 6 nitrogen and oxygen atoms in total. The summed E-state index contributed by atoms with van der Waals surface area (Å²) < 4.78 is 0. The zero-order valence-corrected chi connectivity index (χ0v) is 17.3. The third-order valence-corrected chi connectivity index (χ3v) is 5.40. The van der Waals surface area contributed by atoms with Gasteiger partial charge in [-0.25, -0.2) is 0 Å². The first-order valence-corrected chi connectivity index (χ1v) is 10.5. The lowest BCUT2D eigenvalue weighted by Gasteiger charge is -2.34. The number of benzene rings is 1. The summed E-state index contributed by atoms with van der Waals surface area (Å²) in [5.41, 5.74) is 2.04. The van der Waals surface area contributed by atoms with E-state index < -0.39 is 0 Å². The Hall–Kier alpha value is -1.89. The summed E-state index contributed by atoms with van der Waals surface area (Å²) in [5, 5.41) is 8.23. The fraction of sp³-hybridized carbons (Fsp3) is 0.524. The SMILES string of the molecule is CC(=O)NCCCN1CCN(CCCNc2ccnc3cc(Cl)ccc23)CC1. The predicted octanol–water partition coefficient (Wildman–Crippen LogP) is 2.83. The summed E-state index contributed by atoms with van der Waals surface area (Å²) in [5.74, 6) is 0.0574. The zero-order valence-electron chi connectivity index (χ0n) is 16.6. The molecule has 2 aromatic rings. The average Bonchev–Trinajstić information content (AvgIpc) is 2.69. The van der Waals surface area contributed by atoms with Crippen molar-refractivity contribution >= 4 is 34.1 Å². The van der Waals surface area contributed by atoms with E-state index in [9.17, 15) is 4.79 Å². The van der Waals surface area contributed by atoms with Gasteiger partial charge in [-0.1, -0.05) is 11.6 Å². The van der Waals surface area contributed by atoms with Gasteiger partial charge in [-0.15, -0.1) is 0 Å². The summed E-state index contributed by atoms with van der Waals surface area (Å²) >= 11 is 6.06. The monoisotopic (exact) mass is 403 g/mol. The molecule has 1 aromatic heterocycles. The summed E-state index contributed by atoms with van der Waals surface area (Å²) in [6.45, 7) is 9.94. The van der Waals surface area contributed by atoms with E-state index in [1.807, 2.05) is 30.5 Å². The van der Waals surface area contributed by atoms with Crippen LogP contribution in [0.1, 0.15) is 19.8 Å². The molecular formula is C21H30ClN5O. The van der Waals surface area contributed by atoms with Crippen molar-refractivity contribution in [2.75, 3.05) is 57.7 Å². The molecule has 0 radical (unpaired) electrons. The molecule has 0 spiro atoms. The largest absolute Gasteiger partial charge is 0.384 e. The van der Waals surface area contributed by atoms with Crippen LogP contribution in [0.5, 0.6) is 0 Å². The number of hydrogen-bond acceptors (Lipinski definition) is 5. The number of piperazine rings is 1. The fourth-order valence-electron chi connectivity index (χ4n) is 3.60. The van der Waals surface area contributed by atoms with Crippen LogP contribution in [0.25, 0.3) is 10.9 Å². The van der Waals surface area contributed by atoms with Gasteiger partial charge in [-0.05, 0) is 50.2 Å². The van der Waals surface area contributed by atoms with Crippen molar-refractivity contribution < 1.29 is 4.79 Å². The van der Waals surface area contributed by atoms with Gasteiger partial charge in [0.05, 0.1) is 5.52 Å². The Labute approximate surface area is 172 Å². The Kier molecular flexibility index (Phi) is 7.89. The van der Waals surface area contributed by atoms with Gasteiger partial charge in [0.1, 0.15) is 0 Å². The molecule has 0 aliphatic carbocycles. The maximum Gasteiger partial charge on any atom is 0.216 e. The van der Waals surface area contributed by atoms with Crippen LogP contribution in [0.2, 0.25) is 5.02 Å². The molecule has 1 saturated heterocycles. The summed E-state index contributed by atoms with van der Waals surface area (Å²) in [6.07, 6.45) is 3.96. The van der Waals surface area contributed by atoms with Crippen molar-refractivity contribution in [3.8, 4) is 0 Å². The summed E-state index contributed by atoms with van der Waals surface area (Å²) in [4.78, 5) is 20.3. The number of carbonyl (C=O) groups excluding carboxylic acids is 1. The minimum atomic E-state index is 0.0574. The molecule has 152 valence electrons. The van der Waals surface area contributed by atoms with Crippen molar-refractivity contribution in [3.63, 3.8) is 0 Å². The van der Waals surface area contributed by atoms with Gasteiger partial charge in [0.2, 0.25) is 5.91 Å². The minimum absolute atomic E-state index is 0.0574. The lowest BCUT2D eigenvalue weighted by molar-refractivity contribution is -0.118. The maximum atomic E-state index is 10.9. The van der Waals surface area contributed by atoms with Crippen LogP contribution in [0.15, 0.2) is 30.5 Å². The zero-order chi connectivity index (χ0) is 19.8. The van der Waals surface area contributed by atoms with Gasteiger partial charge < -0.3 is 20.4 Å². The first kappa shape index (κ1) is 20.8. The van der Waals surface area contributed by atoms with E-state index in [0.29, 0.717) is 5.02 Å². The number of hydrogen-bond donors (Lipinski definition) is 2. The Morgan fingerprint density at radius 1 is 1.07 bits per heavy atom. The number of pyridine rings is 1. The van der Waals surface area contributed by atoms with Crippen LogP contribution in [0, 0.1) is 0 Å². The molecule has 1 aliphatic rings. The van der Waals surface area contributed by atoms with Crippen molar-refractivity contribution in [3.05, 3.63) is 35.5 Å². The molecule has 0 saturated carbocycles. The van der Waals surface area contributed by atoms with Crippen LogP contribution in [0.4, 0.5) is 5.69 Å². The van der Waals surface area contributed by atoms with Crippen LogP contribution in [-0.2, 0) is 4.79 Å². The number of carbonyl (C=O) groups is 1. The van der Waals surface area contributed by atoms with Crippen molar-refractivity contribution in [1.29, 1.82) is 0 Å². The number of aromatic nitrogens is 1. The molecule has 3 rings (SSSR count). The molecule has 1 amide bonds. The Balaban J connectivity index is 1.33. The van der Waals surface area contributed by atoms with Crippen molar-refractivity contribution in [1.82, 2.24) is 20.1 Å². The Morgan fingerprint density at radius 3 is 2.43 bits per heavy atom. The molecule has 1 aliphatic heterocycles. The second-order valence-corrected chi connectivity index (χ2v) is 7.76. The molecule has 7 heteroatoms. The van der Waals surface area contributed by atoms with Gasteiger partial charge in [0.15, 0.2) is 0 Å². The number of amides is 1. The lowest BCUT2D eigenvalue weighted by atomic mass is 10.2. The second-order valence-electron chi connectivity index (χ2n) is 7.32. The average molecular weight is 404 g/mol. The molecule has 1 fully saturated rings. The number of anilines is 1. The molecule has 1 aromatic carbocycles. The fourth-order valence-corrected chi connectivity index (χ4v) is 3.77. The molecule has 2 heterocycles. The predicted molar refractivity (Wildman–Crippen MR) is 116 cm³/mol. The van der Waals surface area contributed by atoms with Gasteiger partial charge in [-0.2, -0.15) is 0 Å². The summed E-state index contributed by atoms with van der Waals surface area (Å²) in [6, 6.07) is 7.86. The van der Waals surface area contributed by atoms with E-state index in [2.05, 4.69) is 25.4 Å². The molecular weight excluding hydrogens is 374 g/mol. The van der Waals surface area contributed by atoms with Crippen molar-refractivity contribution in [2.24, 2.45) is 0 Å². The van der Waals surface area contributed by atoms with E-state index in [4.69, 9.17) is 11.6 Å². The van der Waals surface area contributed by atoms with Gasteiger partial charge >= 0.3 is 0 Å². The molecule has 0 unspecified atom stereocenters. The highest BCUT2D eigenvalue weighted by molar-refractivity contribution is 6.31. The van der Waals surface area contributed by atoms with Crippen LogP contribution in [-0.4, -0.2) is 73.0 Å². The van der Waals surface area contributed by atoms with Gasteiger partial charge in [0.25, 0.3) is 0 Å². The minimum Gasteiger partial charge on any atom is -0.384 e. The first-order chi connectivity index (χ1) is 13.6. The molecule has 28 heavy (non-hydrogen) atoms. The molecule has 0 bridgehead atoms. The molecule has 2 N–H and O–H groups in total. The lowest BCUT2D eigenvalue weighted by Crippen LogP contribution is -2.47. The van der Waals surface area contributed by atoms with Gasteiger partial charge in [0, 0.05) is 68.5 Å². The summed E-state index contributed by atoms with van der Waals surface area (Å²) in [7, 11) is 0. The highest BCUT2D eigenvalue weighted by Crippen LogP contribution is 2.24. The standard InChI is InChI=1S/C21H30ClN5O/c1-17(28)23-7-2-10-26-12-14-27(15-13-26)11-3-8-24-20-6-9-25-21-16-18(22)4-5-19(20)21/h4-6,9,16H,2-3,7-8,10-15H2,1H3,(H,23,28)(H,24,25). The number of nitrogens with one attached hydrogen (secondary N) is 2. The van der Waals surface area contributed by atoms with E-state index in [0.717, 1.165) is 81.8 Å². The topological polar surface area (TPSA) is 60.5 Å². The van der Waals surface area contributed by atoms with E-state index in [1.165, 1.54) is 0 Å². The number of fused-ring (bicyclic) bond motifs is 1. The maximum absolute atomic E-state index is 10.9.